The van der Waals surface area contributed by atoms with E-state index < -0.39 is 0 Å². The van der Waals surface area contributed by atoms with Crippen molar-refractivity contribution in [1.29, 1.82) is 0 Å². The number of para-hydroxylation sites is 2. The second kappa shape index (κ2) is 9.20. The van der Waals surface area contributed by atoms with Gasteiger partial charge in [-0.05, 0) is 23.8 Å². The van der Waals surface area contributed by atoms with Crippen molar-refractivity contribution in [3.05, 3.63) is 102 Å². The van der Waals surface area contributed by atoms with Gasteiger partial charge in [-0.15, -0.1) is 0 Å². The summed E-state index contributed by atoms with van der Waals surface area (Å²) >= 11 is 0. The topological polar surface area (TPSA) is 65.4 Å². The maximum Gasteiger partial charge on any atom is 0.255 e. The quantitative estimate of drug-likeness (QED) is 0.466. The first-order chi connectivity index (χ1) is 16.2. The fourth-order valence-electron chi connectivity index (χ4n) is 4.21. The van der Waals surface area contributed by atoms with Crippen LogP contribution >= 0.6 is 0 Å². The lowest BCUT2D eigenvalue weighted by molar-refractivity contribution is 0.0925. The number of rotatable bonds is 6. The molecule has 0 saturated heterocycles. The number of hydrogen-bond acceptors (Lipinski definition) is 4. The molecule has 1 aromatic heterocycles. The van der Waals surface area contributed by atoms with Crippen molar-refractivity contribution in [1.82, 2.24) is 15.1 Å². The summed E-state index contributed by atoms with van der Waals surface area (Å²) in [6.45, 7) is 1.13. The van der Waals surface area contributed by atoms with Crippen LogP contribution in [0.15, 0.2) is 85.1 Å². The molecule has 33 heavy (non-hydrogen) atoms. The normalized spacial score (nSPS) is 14.8. The first-order valence-corrected chi connectivity index (χ1v) is 11.0. The van der Waals surface area contributed by atoms with Gasteiger partial charge in [-0.3, -0.25) is 9.48 Å². The molecule has 166 valence electrons. The number of nitrogens with zero attached hydrogens (tertiary/aromatic N) is 2. The van der Waals surface area contributed by atoms with Gasteiger partial charge in [0.1, 0.15) is 17.2 Å². The van der Waals surface area contributed by atoms with Crippen molar-refractivity contribution in [3.8, 4) is 22.8 Å². The van der Waals surface area contributed by atoms with Crippen LogP contribution in [0.25, 0.3) is 11.3 Å². The largest absolute Gasteiger partial charge is 0.496 e. The molecule has 1 N–H and O–H groups in total. The average Bonchev–Trinajstić information content (AvgIpc) is 3.28. The minimum Gasteiger partial charge on any atom is -0.496 e. The third-order valence-electron chi connectivity index (χ3n) is 5.82. The number of benzene rings is 3. The summed E-state index contributed by atoms with van der Waals surface area (Å²) < 4.78 is 13.1. The van der Waals surface area contributed by atoms with Crippen LogP contribution in [0.4, 0.5) is 0 Å². The molecule has 1 unspecified atom stereocenters. The zero-order valence-electron chi connectivity index (χ0n) is 18.4. The van der Waals surface area contributed by atoms with E-state index in [0.717, 1.165) is 22.4 Å². The predicted octanol–water partition coefficient (Wildman–Crippen LogP) is 4.86. The molecule has 2 heterocycles. The Bertz CT molecular complexity index is 1270. The van der Waals surface area contributed by atoms with E-state index in [2.05, 4.69) is 5.32 Å². The molecule has 6 nitrogen and oxygen atoms in total. The van der Waals surface area contributed by atoms with Gasteiger partial charge in [0.15, 0.2) is 0 Å². The molecule has 6 heteroatoms. The Morgan fingerprint density at radius 2 is 1.82 bits per heavy atom. The zero-order chi connectivity index (χ0) is 22.6. The summed E-state index contributed by atoms with van der Waals surface area (Å²) in [5.74, 6) is 1.32. The van der Waals surface area contributed by atoms with E-state index in [1.807, 2.05) is 89.7 Å². The third kappa shape index (κ3) is 4.32. The Hall–Kier alpha value is -4.06. The van der Waals surface area contributed by atoms with Crippen molar-refractivity contribution < 1.29 is 14.3 Å². The molecule has 0 fully saturated rings. The highest BCUT2D eigenvalue weighted by molar-refractivity contribution is 6.00. The van der Waals surface area contributed by atoms with Gasteiger partial charge in [-0.25, -0.2) is 0 Å². The lowest BCUT2D eigenvalue weighted by atomic mass is 9.99. The second-order valence-electron chi connectivity index (χ2n) is 7.98. The number of carbonyl (C=O) groups excluding carboxylic acids is 1. The lowest BCUT2D eigenvalue weighted by Crippen LogP contribution is -2.32. The maximum absolute atomic E-state index is 13.5. The van der Waals surface area contributed by atoms with Gasteiger partial charge in [-0.1, -0.05) is 60.7 Å². The van der Waals surface area contributed by atoms with Crippen molar-refractivity contribution >= 4 is 5.91 Å². The SMILES string of the molecule is COc1ccccc1-c1nn(Cc2ccccc2)cc1C(=O)NC1CCOc2ccccc21. The van der Waals surface area contributed by atoms with E-state index >= 15 is 0 Å². The molecule has 3 aromatic carbocycles. The second-order valence-corrected chi connectivity index (χ2v) is 7.98. The molecule has 0 saturated carbocycles. The summed E-state index contributed by atoms with van der Waals surface area (Å²) in [5.41, 5.74) is 3.99. The average molecular weight is 440 g/mol. The van der Waals surface area contributed by atoms with Crippen LogP contribution in [-0.2, 0) is 6.54 Å². The first kappa shape index (κ1) is 20.8. The van der Waals surface area contributed by atoms with Crippen LogP contribution in [0.1, 0.15) is 33.9 Å². The maximum atomic E-state index is 13.5. The van der Waals surface area contributed by atoms with Crippen LogP contribution in [0, 0.1) is 0 Å². The van der Waals surface area contributed by atoms with E-state index in [1.54, 1.807) is 7.11 Å². The highest BCUT2D eigenvalue weighted by atomic mass is 16.5. The van der Waals surface area contributed by atoms with Crippen LogP contribution < -0.4 is 14.8 Å². The van der Waals surface area contributed by atoms with Crippen molar-refractivity contribution in [2.24, 2.45) is 0 Å². The molecule has 1 atom stereocenters. The predicted molar refractivity (Wildman–Crippen MR) is 127 cm³/mol. The van der Waals surface area contributed by atoms with Crippen LogP contribution in [0.3, 0.4) is 0 Å². The molecule has 1 amide bonds. The first-order valence-electron chi connectivity index (χ1n) is 11.0. The monoisotopic (exact) mass is 439 g/mol. The molecule has 0 radical (unpaired) electrons. The molecule has 4 aromatic rings. The van der Waals surface area contributed by atoms with Gasteiger partial charge in [0.05, 0.1) is 31.9 Å². The van der Waals surface area contributed by atoms with Gasteiger partial charge >= 0.3 is 0 Å². The minimum absolute atomic E-state index is 0.120. The number of nitrogens with one attached hydrogen (secondary N) is 1. The number of fused-ring (bicyclic) bond motifs is 1. The van der Waals surface area contributed by atoms with Crippen molar-refractivity contribution in [2.45, 2.75) is 19.0 Å². The van der Waals surface area contributed by atoms with E-state index in [0.29, 0.717) is 36.6 Å². The van der Waals surface area contributed by atoms with E-state index in [9.17, 15) is 4.79 Å². The van der Waals surface area contributed by atoms with Gasteiger partial charge in [0.2, 0.25) is 0 Å². The molecule has 5 rings (SSSR count). The number of methoxy groups -OCH3 is 1. The highest BCUT2D eigenvalue weighted by Gasteiger charge is 2.26. The Labute approximate surface area is 192 Å². The van der Waals surface area contributed by atoms with Gasteiger partial charge in [-0.2, -0.15) is 5.10 Å². The number of carbonyl (C=O) groups is 1. The Morgan fingerprint density at radius 1 is 1.06 bits per heavy atom. The molecule has 0 bridgehead atoms. The number of amides is 1. The Balaban J connectivity index is 1.51. The van der Waals surface area contributed by atoms with E-state index in [1.165, 1.54) is 0 Å². The van der Waals surface area contributed by atoms with Crippen LogP contribution in [-0.4, -0.2) is 29.4 Å². The Kier molecular flexibility index (Phi) is 5.81. The molecule has 0 spiro atoms. The molecule has 1 aliphatic rings. The summed E-state index contributed by atoms with van der Waals surface area (Å²) in [6, 6.07) is 25.4. The summed E-state index contributed by atoms with van der Waals surface area (Å²) in [6.07, 6.45) is 2.53. The number of aromatic nitrogens is 2. The number of hydrogen-bond donors (Lipinski definition) is 1. The lowest BCUT2D eigenvalue weighted by Gasteiger charge is -2.26. The van der Waals surface area contributed by atoms with Crippen LogP contribution in [0.2, 0.25) is 0 Å². The smallest absolute Gasteiger partial charge is 0.255 e. The fraction of sp³-hybridized carbons (Fsp3) is 0.185. The van der Waals surface area contributed by atoms with E-state index in [-0.39, 0.29) is 11.9 Å². The summed E-state index contributed by atoms with van der Waals surface area (Å²) in [7, 11) is 1.62. The van der Waals surface area contributed by atoms with Crippen molar-refractivity contribution in [3.63, 3.8) is 0 Å². The van der Waals surface area contributed by atoms with Gasteiger partial charge < -0.3 is 14.8 Å². The summed E-state index contributed by atoms with van der Waals surface area (Å²) in [4.78, 5) is 13.5. The summed E-state index contributed by atoms with van der Waals surface area (Å²) in [5, 5.41) is 8.00. The fourth-order valence-corrected chi connectivity index (χ4v) is 4.21. The standard InChI is InChI=1S/C27H25N3O3/c1-32-24-13-7-6-12-21(24)26-22(18-30(29-26)17-19-9-3-2-4-10-19)27(31)28-23-15-16-33-25-14-8-5-11-20(23)25/h2-14,18,23H,15-17H2,1H3,(H,28,31). The highest BCUT2D eigenvalue weighted by Crippen LogP contribution is 2.34. The third-order valence-corrected chi connectivity index (χ3v) is 5.82. The van der Waals surface area contributed by atoms with Crippen LogP contribution in [0.5, 0.6) is 11.5 Å². The van der Waals surface area contributed by atoms with Gasteiger partial charge in [0, 0.05) is 23.7 Å². The molecular formula is C27H25N3O3. The van der Waals surface area contributed by atoms with Gasteiger partial charge in [0.25, 0.3) is 5.91 Å². The van der Waals surface area contributed by atoms with Crippen molar-refractivity contribution in [2.75, 3.05) is 13.7 Å². The minimum atomic E-state index is -0.170. The number of ether oxygens (including phenoxy) is 2. The molecular weight excluding hydrogens is 414 g/mol. The zero-order valence-corrected chi connectivity index (χ0v) is 18.4. The van der Waals surface area contributed by atoms with E-state index in [4.69, 9.17) is 14.6 Å². The molecule has 1 aliphatic heterocycles. The Morgan fingerprint density at radius 3 is 2.67 bits per heavy atom. The molecule has 0 aliphatic carbocycles.